The lowest BCUT2D eigenvalue weighted by Crippen LogP contribution is -2.28. The van der Waals surface area contributed by atoms with Crippen LogP contribution < -0.4 is 5.32 Å². The molecule has 0 fully saturated rings. The van der Waals surface area contributed by atoms with E-state index >= 15 is 0 Å². The lowest BCUT2D eigenvalue weighted by molar-refractivity contribution is 0.0948. The van der Waals surface area contributed by atoms with Crippen LogP contribution >= 0.6 is 39.1 Å². The highest BCUT2D eigenvalue weighted by atomic mass is 79.9. The van der Waals surface area contributed by atoms with Crippen LogP contribution in [0.15, 0.2) is 22.7 Å². The number of nitrogens with one attached hydrogen (secondary N) is 1. The Morgan fingerprint density at radius 3 is 2.88 bits per heavy atom. The quantitative estimate of drug-likeness (QED) is 0.805. The highest BCUT2D eigenvalue weighted by molar-refractivity contribution is 9.10. The first-order chi connectivity index (χ1) is 8.04. The van der Waals surface area contributed by atoms with Crippen molar-refractivity contribution in [1.82, 2.24) is 5.32 Å². The molecular weight excluding hydrogens is 325 g/mol. The lowest BCUT2D eigenvalue weighted by Gasteiger charge is -2.11. The number of carbonyl (C=O) groups excluding carboxylic acids is 1. The van der Waals surface area contributed by atoms with E-state index in [1.165, 1.54) is 0 Å². The van der Waals surface area contributed by atoms with E-state index in [2.05, 4.69) is 21.2 Å². The van der Waals surface area contributed by atoms with Gasteiger partial charge in [-0.15, -0.1) is 11.6 Å². The molecule has 17 heavy (non-hydrogen) atoms. The largest absolute Gasteiger partial charge is 0.352 e. The third kappa shape index (κ3) is 4.86. The van der Waals surface area contributed by atoms with Crippen LogP contribution in [0.4, 0.5) is 0 Å². The summed E-state index contributed by atoms with van der Waals surface area (Å²) in [6, 6.07) is 5.21. The maximum absolute atomic E-state index is 11.9. The molecule has 1 amide bonds. The second-order valence-corrected chi connectivity index (χ2v) is 5.62. The van der Waals surface area contributed by atoms with Crippen molar-refractivity contribution in [1.29, 1.82) is 0 Å². The summed E-state index contributed by atoms with van der Waals surface area (Å²) in [5.41, 5.74) is 0.485. The summed E-state index contributed by atoms with van der Waals surface area (Å²) in [6.07, 6.45) is 0.883. The Bertz CT molecular complexity index is 398. The van der Waals surface area contributed by atoms with Crippen molar-refractivity contribution in [3.63, 3.8) is 0 Å². The first kappa shape index (κ1) is 14.8. The molecule has 5 heteroatoms. The van der Waals surface area contributed by atoms with Crippen molar-refractivity contribution in [3.05, 3.63) is 33.3 Å². The van der Waals surface area contributed by atoms with Crippen molar-refractivity contribution in [3.8, 4) is 0 Å². The number of benzene rings is 1. The van der Waals surface area contributed by atoms with E-state index in [1.807, 2.05) is 6.92 Å². The Balaban J connectivity index is 2.61. The Kier molecular flexibility index (Phi) is 6.31. The van der Waals surface area contributed by atoms with Crippen molar-refractivity contribution >= 4 is 45.0 Å². The predicted molar refractivity (Wildman–Crippen MR) is 76.0 cm³/mol. The Morgan fingerprint density at radius 2 is 2.24 bits per heavy atom. The van der Waals surface area contributed by atoms with Gasteiger partial charge in [0.05, 0.1) is 10.6 Å². The van der Waals surface area contributed by atoms with Crippen molar-refractivity contribution in [2.75, 3.05) is 12.4 Å². The average Bonchev–Trinajstić information content (AvgIpc) is 2.29. The number of amides is 1. The molecule has 1 atom stereocenters. The second kappa shape index (κ2) is 7.24. The summed E-state index contributed by atoms with van der Waals surface area (Å²) in [4.78, 5) is 11.9. The molecule has 1 N–H and O–H groups in total. The highest BCUT2D eigenvalue weighted by Gasteiger charge is 2.11. The molecule has 94 valence electrons. The zero-order valence-corrected chi connectivity index (χ0v) is 12.6. The summed E-state index contributed by atoms with van der Waals surface area (Å²) >= 11 is 14.9. The molecule has 0 saturated heterocycles. The second-order valence-electron chi connectivity index (χ2n) is 3.92. The third-order valence-corrected chi connectivity index (χ3v) is 3.43. The standard InChI is InChI=1S/C12H14BrCl2NO/c1-8(4-5-14)7-16-12(17)10-6-9(13)2-3-11(10)15/h2-3,6,8H,4-5,7H2,1H3,(H,16,17). The summed E-state index contributed by atoms with van der Waals surface area (Å²) in [6.45, 7) is 2.65. The minimum Gasteiger partial charge on any atom is -0.352 e. The molecule has 0 aromatic heterocycles. The number of halogens is 3. The van der Waals surface area contributed by atoms with Crippen LogP contribution in [0.2, 0.25) is 5.02 Å². The molecule has 2 nitrogen and oxygen atoms in total. The zero-order valence-electron chi connectivity index (χ0n) is 9.47. The van der Waals surface area contributed by atoms with Gasteiger partial charge in [0.25, 0.3) is 5.91 Å². The molecule has 1 rings (SSSR count). The number of alkyl halides is 1. The molecule has 0 aliphatic rings. The molecule has 0 heterocycles. The Morgan fingerprint density at radius 1 is 1.53 bits per heavy atom. The number of carbonyl (C=O) groups is 1. The fraction of sp³-hybridized carbons (Fsp3) is 0.417. The Labute approximate surface area is 120 Å². The van der Waals surface area contributed by atoms with E-state index in [9.17, 15) is 4.79 Å². The van der Waals surface area contributed by atoms with Gasteiger partial charge in [0.1, 0.15) is 0 Å². The van der Waals surface area contributed by atoms with Gasteiger partial charge in [0.15, 0.2) is 0 Å². The van der Waals surface area contributed by atoms with Gasteiger partial charge < -0.3 is 5.32 Å². The number of rotatable bonds is 5. The van der Waals surface area contributed by atoms with Crippen LogP contribution in [-0.4, -0.2) is 18.3 Å². The van der Waals surface area contributed by atoms with E-state index < -0.39 is 0 Å². The molecule has 0 saturated carbocycles. The topological polar surface area (TPSA) is 29.1 Å². The van der Waals surface area contributed by atoms with Gasteiger partial charge in [0.2, 0.25) is 0 Å². The predicted octanol–water partition coefficient (Wildman–Crippen LogP) is 4.10. The molecular formula is C12H14BrCl2NO. The van der Waals surface area contributed by atoms with Crippen LogP contribution in [0, 0.1) is 5.92 Å². The van der Waals surface area contributed by atoms with Gasteiger partial charge in [-0.1, -0.05) is 34.5 Å². The smallest absolute Gasteiger partial charge is 0.252 e. The van der Waals surface area contributed by atoms with Gasteiger partial charge in [-0.05, 0) is 30.5 Å². The first-order valence-electron chi connectivity index (χ1n) is 5.33. The molecule has 1 aromatic rings. The fourth-order valence-electron chi connectivity index (χ4n) is 1.32. The average molecular weight is 339 g/mol. The van der Waals surface area contributed by atoms with Gasteiger partial charge in [-0.2, -0.15) is 0 Å². The van der Waals surface area contributed by atoms with Crippen molar-refractivity contribution in [2.24, 2.45) is 5.92 Å². The lowest BCUT2D eigenvalue weighted by atomic mass is 10.1. The number of hydrogen-bond acceptors (Lipinski definition) is 1. The number of hydrogen-bond donors (Lipinski definition) is 1. The minimum absolute atomic E-state index is 0.155. The Hall–Kier alpha value is -0.250. The van der Waals surface area contributed by atoms with Gasteiger partial charge in [-0.25, -0.2) is 0 Å². The molecule has 1 unspecified atom stereocenters. The highest BCUT2D eigenvalue weighted by Crippen LogP contribution is 2.20. The zero-order chi connectivity index (χ0) is 12.8. The fourth-order valence-corrected chi connectivity index (χ4v) is 2.26. The third-order valence-electron chi connectivity index (χ3n) is 2.39. The molecule has 0 bridgehead atoms. The summed E-state index contributed by atoms with van der Waals surface area (Å²) in [7, 11) is 0. The normalized spacial score (nSPS) is 12.2. The van der Waals surface area contributed by atoms with E-state index in [4.69, 9.17) is 23.2 Å². The molecule has 0 aliphatic carbocycles. The maximum Gasteiger partial charge on any atom is 0.252 e. The van der Waals surface area contributed by atoms with E-state index in [0.717, 1.165) is 10.9 Å². The minimum atomic E-state index is -0.155. The summed E-state index contributed by atoms with van der Waals surface area (Å²) in [5.74, 6) is 0.814. The molecule has 1 aromatic carbocycles. The van der Waals surface area contributed by atoms with E-state index in [1.54, 1.807) is 18.2 Å². The monoisotopic (exact) mass is 337 g/mol. The molecule has 0 radical (unpaired) electrons. The van der Waals surface area contributed by atoms with E-state index in [-0.39, 0.29) is 5.91 Å². The van der Waals surface area contributed by atoms with Crippen LogP contribution in [0.25, 0.3) is 0 Å². The molecule has 0 spiro atoms. The SMILES string of the molecule is CC(CCCl)CNC(=O)c1cc(Br)ccc1Cl. The van der Waals surface area contributed by atoms with Crippen LogP contribution in [0.5, 0.6) is 0 Å². The summed E-state index contributed by atoms with van der Waals surface area (Å²) in [5, 5.41) is 3.30. The van der Waals surface area contributed by atoms with Gasteiger partial charge in [-0.3, -0.25) is 4.79 Å². The maximum atomic E-state index is 11.9. The van der Waals surface area contributed by atoms with Crippen LogP contribution in [-0.2, 0) is 0 Å². The van der Waals surface area contributed by atoms with Crippen molar-refractivity contribution < 1.29 is 4.79 Å². The van der Waals surface area contributed by atoms with E-state index in [0.29, 0.717) is 28.9 Å². The van der Waals surface area contributed by atoms with Crippen LogP contribution in [0.1, 0.15) is 23.7 Å². The van der Waals surface area contributed by atoms with Crippen molar-refractivity contribution in [2.45, 2.75) is 13.3 Å². The first-order valence-corrected chi connectivity index (χ1v) is 7.04. The summed E-state index contributed by atoms with van der Waals surface area (Å²) < 4.78 is 0.834. The van der Waals surface area contributed by atoms with Crippen LogP contribution in [0.3, 0.4) is 0 Å². The van der Waals surface area contributed by atoms with Gasteiger partial charge >= 0.3 is 0 Å². The van der Waals surface area contributed by atoms with Gasteiger partial charge in [0, 0.05) is 16.9 Å². The molecule has 0 aliphatic heterocycles.